The number of nitrogens with zero attached hydrogens (tertiary/aromatic N) is 2. The molecule has 152 valence electrons. The highest BCUT2D eigenvalue weighted by molar-refractivity contribution is 7.13. The van der Waals surface area contributed by atoms with Crippen molar-refractivity contribution in [2.75, 3.05) is 20.3 Å². The van der Waals surface area contributed by atoms with Gasteiger partial charge in [0.1, 0.15) is 10.8 Å². The second kappa shape index (κ2) is 9.11. The first-order chi connectivity index (χ1) is 13.9. The number of aryl methyl sites for hydroxylation is 1. The van der Waals surface area contributed by atoms with Crippen LogP contribution in [-0.2, 0) is 16.0 Å². The van der Waals surface area contributed by atoms with Gasteiger partial charge in [-0.2, -0.15) is 0 Å². The number of aromatic nitrogens is 2. The Morgan fingerprint density at radius 1 is 1.21 bits per heavy atom. The van der Waals surface area contributed by atoms with Crippen LogP contribution in [0.4, 0.5) is 4.39 Å². The summed E-state index contributed by atoms with van der Waals surface area (Å²) in [5.74, 6) is -1.29. The largest absolute Gasteiger partial charge is 0.453 e. The number of rotatable bonds is 8. The van der Waals surface area contributed by atoms with Gasteiger partial charge in [0.15, 0.2) is 12.3 Å². The van der Waals surface area contributed by atoms with Gasteiger partial charge in [0.25, 0.3) is 0 Å². The molecule has 0 unspecified atom stereocenters. The maximum atomic E-state index is 13.0. The summed E-state index contributed by atoms with van der Waals surface area (Å²) in [7, 11) is 1.62. The van der Waals surface area contributed by atoms with Crippen LogP contribution in [0, 0.1) is 19.7 Å². The van der Waals surface area contributed by atoms with Crippen LogP contribution in [0.5, 0.6) is 0 Å². The zero-order chi connectivity index (χ0) is 21.0. The molecule has 0 saturated carbocycles. The lowest BCUT2D eigenvalue weighted by Crippen LogP contribution is -2.15. The summed E-state index contributed by atoms with van der Waals surface area (Å²) in [5, 5.41) is 2.13. The number of carbonyl (C=O) groups excluding carboxylic acids is 2. The van der Waals surface area contributed by atoms with Crippen molar-refractivity contribution >= 4 is 23.1 Å². The molecule has 0 saturated heterocycles. The average molecular weight is 416 g/mol. The van der Waals surface area contributed by atoms with E-state index in [0.29, 0.717) is 29.3 Å². The number of carbonyl (C=O) groups is 2. The lowest BCUT2D eigenvalue weighted by atomic mass is 10.1. The monoisotopic (exact) mass is 416 g/mol. The van der Waals surface area contributed by atoms with Crippen LogP contribution in [0.3, 0.4) is 0 Å². The third-order valence-electron chi connectivity index (χ3n) is 4.53. The summed E-state index contributed by atoms with van der Waals surface area (Å²) in [5.41, 5.74) is 3.10. The van der Waals surface area contributed by atoms with Gasteiger partial charge in [-0.05, 0) is 44.2 Å². The molecule has 0 aliphatic heterocycles. The van der Waals surface area contributed by atoms with Crippen LogP contribution in [0.15, 0.2) is 35.7 Å². The molecule has 8 heteroatoms. The Hall–Kier alpha value is -2.84. The van der Waals surface area contributed by atoms with Gasteiger partial charge in [-0.25, -0.2) is 14.2 Å². The van der Waals surface area contributed by atoms with Gasteiger partial charge >= 0.3 is 5.97 Å². The summed E-state index contributed by atoms with van der Waals surface area (Å²) in [6.45, 7) is 4.59. The SMILES string of the molecule is COCCn1c(C)cc(C(=O)COC(=O)c2csc(-c3ccc(F)cc3)n2)c1C. The van der Waals surface area contributed by atoms with Gasteiger partial charge in [-0.1, -0.05) is 0 Å². The minimum absolute atomic E-state index is 0.118. The summed E-state index contributed by atoms with van der Waals surface area (Å²) >= 11 is 1.25. The van der Waals surface area contributed by atoms with Crippen LogP contribution in [0.25, 0.3) is 10.6 Å². The van der Waals surface area contributed by atoms with Crippen LogP contribution in [-0.4, -0.2) is 41.6 Å². The molecule has 2 aromatic heterocycles. The number of ketones is 1. The molecular formula is C21H21FN2O4S. The quantitative estimate of drug-likeness (QED) is 0.409. The second-order valence-corrected chi connectivity index (χ2v) is 7.33. The van der Waals surface area contributed by atoms with Crippen molar-refractivity contribution in [1.82, 2.24) is 9.55 Å². The Labute approximate surface area is 171 Å². The van der Waals surface area contributed by atoms with Gasteiger partial charge in [0, 0.05) is 41.5 Å². The molecule has 2 heterocycles. The number of esters is 1. The summed E-state index contributed by atoms with van der Waals surface area (Å²) in [4.78, 5) is 29.0. The zero-order valence-electron chi connectivity index (χ0n) is 16.4. The highest BCUT2D eigenvalue weighted by Crippen LogP contribution is 2.24. The van der Waals surface area contributed by atoms with Crippen LogP contribution >= 0.6 is 11.3 Å². The molecule has 3 rings (SSSR count). The number of halogens is 1. The molecule has 3 aromatic rings. The number of ether oxygens (including phenoxy) is 2. The van der Waals surface area contributed by atoms with Crippen molar-refractivity contribution in [3.8, 4) is 10.6 Å². The van der Waals surface area contributed by atoms with Crippen LogP contribution in [0.1, 0.15) is 32.2 Å². The third-order valence-corrected chi connectivity index (χ3v) is 5.42. The lowest BCUT2D eigenvalue weighted by Gasteiger charge is -2.08. The third kappa shape index (κ3) is 4.78. The Morgan fingerprint density at radius 3 is 2.62 bits per heavy atom. The van der Waals surface area contributed by atoms with Gasteiger partial charge in [-0.3, -0.25) is 4.79 Å². The van der Waals surface area contributed by atoms with E-state index in [-0.39, 0.29) is 23.9 Å². The topological polar surface area (TPSA) is 70.4 Å². The number of benzene rings is 1. The Bertz CT molecular complexity index is 1020. The van der Waals surface area contributed by atoms with E-state index in [9.17, 15) is 14.0 Å². The van der Waals surface area contributed by atoms with Gasteiger partial charge < -0.3 is 14.0 Å². The molecule has 0 aliphatic carbocycles. The Balaban J connectivity index is 1.64. The average Bonchev–Trinajstić information content (AvgIpc) is 3.30. The normalized spacial score (nSPS) is 10.9. The highest BCUT2D eigenvalue weighted by Gasteiger charge is 2.19. The van der Waals surface area contributed by atoms with Crippen LogP contribution < -0.4 is 0 Å². The van der Waals surface area contributed by atoms with Crippen molar-refractivity contribution in [2.45, 2.75) is 20.4 Å². The molecule has 0 fully saturated rings. The van der Waals surface area contributed by atoms with Gasteiger partial charge in [0.05, 0.1) is 6.61 Å². The smallest absolute Gasteiger partial charge is 0.358 e. The Morgan fingerprint density at radius 2 is 1.93 bits per heavy atom. The minimum atomic E-state index is -0.670. The molecule has 0 bridgehead atoms. The molecule has 0 N–H and O–H groups in total. The number of methoxy groups -OCH3 is 1. The van der Waals surface area contributed by atoms with Gasteiger partial charge in [-0.15, -0.1) is 11.3 Å². The van der Waals surface area contributed by atoms with Crippen molar-refractivity contribution in [2.24, 2.45) is 0 Å². The van der Waals surface area contributed by atoms with E-state index in [1.54, 1.807) is 30.7 Å². The second-order valence-electron chi connectivity index (χ2n) is 6.47. The zero-order valence-corrected chi connectivity index (χ0v) is 17.2. The predicted molar refractivity (Wildman–Crippen MR) is 108 cm³/mol. The Kier molecular flexibility index (Phi) is 6.56. The maximum absolute atomic E-state index is 13.0. The first-order valence-corrected chi connectivity index (χ1v) is 9.86. The van der Waals surface area contributed by atoms with Crippen molar-refractivity contribution in [3.05, 3.63) is 64.2 Å². The van der Waals surface area contributed by atoms with E-state index in [4.69, 9.17) is 9.47 Å². The van der Waals surface area contributed by atoms with E-state index < -0.39 is 5.97 Å². The van der Waals surface area contributed by atoms with Crippen molar-refractivity contribution < 1.29 is 23.5 Å². The lowest BCUT2D eigenvalue weighted by molar-refractivity contribution is 0.0469. The number of Topliss-reactive ketones (excluding diaryl/α,β-unsaturated/α-hetero) is 1. The van der Waals surface area contributed by atoms with E-state index in [1.807, 2.05) is 18.4 Å². The molecule has 0 aliphatic rings. The number of hydrogen-bond donors (Lipinski definition) is 0. The molecule has 0 radical (unpaired) electrons. The fraction of sp³-hybridized carbons (Fsp3) is 0.286. The molecular weight excluding hydrogens is 395 g/mol. The van der Waals surface area contributed by atoms with Crippen molar-refractivity contribution in [1.29, 1.82) is 0 Å². The van der Waals surface area contributed by atoms with Crippen molar-refractivity contribution in [3.63, 3.8) is 0 Å². The summed E-state index contributed by atoms with van der Waals surface area (Å²) in [6.07, 6.45) is 0. The first-order valence-electron chi connectivity index (χ1n) is 8.98. The predicted octanol–water partition coefficient (Wildman–Crippen LogP) is 4.05. The molecule has 6 nitrogen and oxygen atoms in total. The first kappa shape index (κ1) is 20.9. The fourth-order valence-electron chi connectivity index (χ4n) is 2.99. The maximum Gasteiger partial charge on any atom is 0.358 e. The highest BCUT2D eigenvalue weighted by atomic mass is 32.1. The van der Waals surface area contributed by atoms with Crippen LogP contribution in [0.2, 0.25) is 0 Å². The molecule has 0 spiro atoms. The fourth-order valence-corrected chi connectivity index (χ4v) is 3.78. The summed E-state index contributed by atoms with van der Waals surface area (Å²) < 4.78 is 25.3. The van der Waals surface area contributed by atoms with E-state index >= 15 is 0 Å². The number of hydrogen-bond acceptors (Lipinski definition) is 6. The van der Waals surface area contributed by atoms with Gasteiger partial charge in [0.2, 0.25) is 5.78 Å². The van der Waals surface area contributed by atoms with E-state index in [2.05, 4.69) is 4.98 Å². The molecule has 1 aromatic carbocycles. The molecule has 0 atom stereocenters. The summed E-state index contributed by atoms with van der Waals surface area (Å²) in [6, 6.07) is 7.63. The standard InChI is InChI=1S/C21H21FN2O4S/c1-13-10-17(14(2)24(13)8-9-27-3)19(25)11-28-21(26)18-12-29-20(23-18)15-4-6-16(22)7-5-15/h4-7,10,12H,8-9,11H2,1-3H3. The van der Waals surface area contributed by atoms with E-state index in [1.165, 1.54) is 23.5 Å². The minimum Gasteiger partial charge on any atom is -0.453 e. The molecule has 29 heavy (non-hydrogen) atoms. The molecule has 0 amide bonds. The number of thiazole rings is 1. The van der Waals surface area contributed by atoms with E-state index in [0.717, 1.165) is 11.4 Å².